The second-order valence-corrected chi connectivity index (χ2v) is 9.53. The molecule has 1 aliphatic rings. The molecule has 0 saturated carbocycles. The van der Waals surface area contributed by atoms with Crippen molar-refractivity contribution in [1.29, 1.82) is 0 Å². The summed E-state index contributed by atoms with van der Waals surface area (Å²) in [7, 11) is -0.503. The van der Waals surface area contributed by atoms with Gasteiger partial charge in [0.15, 0.2) is 0 Å². The highest BCUT2D eigenvalue weighted by molar-refractivity contribution is 6.62. The predicted molar refractivity (Wildman–Crippen MR) is 130 cm³/mol. The summed E-state index contributed by atoms with van der Waals surface area (Å²) in [6.07, 6.45) is 1.35. The Morgan fingerprint density at radius 1 is 1.00 bits per heavy atom. The van der Waals surface area contributed by atoms with Crippen molar-refractivity contribution in [1.82, 2.24) is 9.88 Å². The number of pyridine rings is 1. The number of rotatable bonds is 5. The van der Waals surface area contributed by atoms with Gasteiger partial charge in [-0.1, -0.05) is 36.4 Å². The van der Waals surface area contributed by atoms with Crippen molar-refractivity contribution < 1.29 is 18.5 Å². The number of aromatic nitrogens is 1. The third kappa shape index (κ3) is 4.56. The van der Waals surface area contributed by atoms with E-state index in [1.165, 1.54) is 30.5 Å². The zero-order chi connectivity index (χ0) is 24.7. The van der Waals surface area contributed by atoms with Crippen LogP contribution in [0.4, 0.5) is 4.39 Å². The molecule has 0 bridgehead atoms. The average Bonchev–Trinajstić information content (AvgIpc) is 3.01. The minimum atomic E-state index is -0.546. The molecule has 0 radical (unpaired) electrons. The molecular formula is C26H28BFN2O4. The number of benzene rings is 2. The molecule has 176 valence electrons. The molecule has 2 aromatic carbocycles. The first kappa shape index (κ1) is 23.9. The van der Waals surface area contributed by atoms with Crippen LogP contribution < -0.4 is 16.3 Å². The monoisotopic (exact) mass is 462 g/mol. The lowest BCUT2D eigenvalue weighted by Crippen LogP contribution is -2.41. The zero-order valence-electron chi connectivity index (χ0n) is 20.0. The van der Waals surface area contributed by atoms with Gasteiger partial charge in [0.25, 0.3) is 11.5 Å². The van der Waals surface area contributed by atoms with Crippen LogP contribution in [0.2, 0.25) is 0 Å². The number of hydrogen-bond donors (Lipinski definition) is 1. The Hall–Kier alpha value is -3.23. The van der Waals surface area contributed by atoms with E-state index < -0.39 is 29.7 Å². The molecule has 0 spiro atoms. The van der Waals surface area contributed by atoms with Gasteiger partial charge in [-0.05, 0) is 63.8 Å². The van der Waals surface area contributed by atoms with Crippen molar-refractivity contribution in [3.63, 3.8) is 0 Å². The number of nitrogens with one attached hydrogen (secondary N) is 1. The van der Waals surface area contributed by atoms with Crippen molar-refractivity contribution in [2.75, 3.05) is 0 Å². The van der Waals surface area contributed by atoms with E-state index in [2.05, 4.69) is 5.32 Å². The van der Waals surface area contributed by atoms with Gasteiger partial charge in [0.05, 0.1) is 28.5 Å². The van der Waals surface area contributed by atoms with E-state index in [0.717, 1.165) is 15.6 Å². The smallest absolute Gasteiger partial charge is 0.399 e. The number of amides is 1. The van der Waals surface area contributed by atoms with Crippen molar-refractivity contribution in [2.45, 2.75) is 51.9 Å². The van der Waals surface area contributed by atoms with Crippen molar-refractivity contribution in [3.8, 4) is 5.69 Å². The van der Waals surface area contributed by atoms with Gasteiger partial charge >= 0.3 is 7.12 Å². The van der Waals surface area contributed by atoms with Gasteiger partial charge in [-0.3, -0.25) is 14.2 Å². The van der Waals surface area contributed by atoms with Crippen LogP contribution in [0.5, 0.6) is 0 Å². The molecule has 6 nitrogen and oxygen atoms in total. The summed E-state index contributed by atoms with van der Waals surface area (Å²) in [6.45, 7) is 9.87. The minimum absolute atomic E-state index is 0.0883. The maximum Gasteiger partial charge on any atom is 0.494 e. The van der Waals surface area contributed by atoms with E-state index in [-0.39, 0.29) is 23.2 Å². The standard InChI is InChI=1S/C26H28BFN2O4/c1-17(18-9-8-10-20(15-18)27-33-25(2,3)26(4,5)34-27)29-24(32)19-13-14-23(31)30(16-19)22-12-7-6-11-21(22)28/h6-17H,1-5H3,(H,29,32)/t17-/m1/s1. The fourth-order valence-corrected chi connectivity index (χ4v) is 3.77. The van der Waals surface area contributed by atoms with Gasteiger partial charge in [-0.15, -0.1) is 0 Å². The lowest BCUT2D eigenvalue weighted by molar-refractivity contribution is 0.00578. The SMILES string of the molecule is C[C@@H](NC(=O)c1ccc(=O)n(-c2ccccc2F)c1)c1cccc(B2OC(C)(C)C(C)(C)O2)c1. The summed E-state index contributed by atoms with van der Waals surface area (Å²) in [5.41, 5.74) is 0.754. The first-order valence-corrected chi connectivity index (χ1v) is 11.2. The van der Waals surface area contributed by atoms with Crippen LogP contribution in [0.15, 0.2) is 71.7 Å². The maximum absolute atomic E-state index is 14.2. The molecule has 1 aliphatic heterocycles. The first-order chi connectivity index (χ1) is 16.0. The number of carbonyl (C=O) groups excluding carboxylic acids is 1. The largest absolute Gasteiger partial charge is 0.494 e. The number of carbonyl (C=O) groups is 1. The Bertz CT molecular complexity index is 1270. The summed E-state index contributed by atoms with van der Waals surface area (Å²) in [4.78, 5) is 25.2. The quantitative estimate of drug-likeness (QED) is 0.587. The third-order valence-electron chi connectivity index (χ3n) is 6.57. The topological polar surface area (TPSA) is 69.6 Å². The molecular weight excluding hydrogens is 434 g/mol. The average molecular weight is 462 g/mol. The highest BCUT2D eigenvalue weighted by Crippen LogP contribution is 2.36. The molecule has 0 aliphatic carbocycles. The number of halogens is 1. The molecule has 2 heterocycles. The second-order valence-electron chi connectivity index (χ2n) is 9.53. The summed E-state index contributed by atoms with van der Waals surface area (Å²) in [6, 6.07) is 16.0. The van der Waals surface area contributed by atoms with Crippen molar-refractivity contribution in [3.05, 3.63) is 94.2 Å². The van der Waals surface area contributed by atoms with E-state index in [1.54, 1.807) is 12.1 Å². The Balaban J connectivity index is 1.53. The minimum Gasteiger partial charge on any atom is -0.399 e. The fraction of sp³-hybridized carbons (Fsp3) is 0.308. The highest BCUT2D eigenvalue weighted by Gasteiger charge is 2.51. The third-order valence-corrected chi connectivity index (χ3v) is 6.57. The predicted octanol–water partition coefficient (Wildman–Crippen LogP) is 3.77. The van der Waals surface area contributed by atoms with E-state index in [1.807, 2.05) is 58.9 Å². The van der Waals surface area contributed by atoms with Crippen molar-refractivity contribution in [2.24, 2.45) is 0 Å². The maximum atomic E-state index is 14.2. The second kappa shape index (κ2) is 8.85. The van der Waals surface area contributed by atoms with Crippen LogP contribution in [-0.4, -0.2) is 28.8 Å². The Morgan fingerprint density at radius 3 is 2.35 bits per heavy atom. The number of nitrogens with zero attached hydrogens (tertiary/aromatic N) is 1. The number of para-hydroxylation sites is 1. The Morgan fingerprint density at radius 2 is 1.68 bits per heavy atom. The van der Waals surface area contributed by atoms with Gasteiger partial charge < -0.3 is 14.6 Å². The molecule has 1 saturated heterocycles. The fourth-order valence-electron chi connectivity index (χ4n) is 3.77. The van der Waals surface area contributed by atoms with E-state index in [0.29, 0.717) is 0 Å². The summed E-state index contributed by atoms with van der Waals surface area (Å²) < 4.78 is 27.6. The van der Waals surface area contributed by atoms with Crippen LogP contribution in [0, 0.1) is 5.82 Å². The zero-order valence-corrected chi connectivity index (χ0v) is 20.0. The summed E-state index contributed by atoms with van der Waals surface area (Å²) in [5, 5.41) is 2.95. The molecule has 1 amide bonds. The molecule has 1 aromatic heterocycles. The van der Waals surface area contributed by atoms with E-state index in [4.69, 9.17) is 9.31 Å². The first-order valence-electron chi connectivity index (χ1n) is 11.2. The normalized spacial score (nSPS) is 17.4. The van der Waals surface area contributed by atoms with E-state index >= 15 is 0 Å². The lowest BCUT2D eigenvalue weighted by Gasteiger charge is -2.32. The van der Waals surface area contributed by atoms with Crippen LogP contribution >= 0.6 is 0 Å². The number of hydrogen-bond acceptors (Lipinski definition) is 4. The van der Waals surface area contributed by atoms with Gasteiger partial charge in [-0.2, -0.15) is 0 Å². The van der Waals surface area contributed by atoms with Crippen LogP contribution in [0.3, 0.4) is 0 Å². The molecule has 0 unspecified atom stereocenters. The van der Waals surface area contributed by atoms with Gasteiger partial charge in [0, 0.05) is 12.3 Å². The van der Waals surface area contributed by atoms with Gasteiger partial charge in [0.1, 0.15) is 5.82 Å². The molecule has 8 heteroatoms. The summed E-state index contributed by atoms with van der Waals surface area (Å²) in [5.74, 6) is -0.923. The van der Waals surface area contributed by atoms with Crippen molar-refractivity contribution >= 4 is 18.5 Å². The van der Waals surface area contributed by atoms with Crippen LogP contribution in [0.25, 0.3) is 5.69 Å². The Labute approximate surface area is 198 Å². The molecule has 1 N–H and O–H groups in total. The van der Waals surface area contributed by atoms with Crippen LogP contribution in [-0.2, 0) is 9.31 Å². The molecule has 4 rings (SSSR count). The highest BCUT2D eigenvalue weighted by atomic mass is 19.1. The lowest BCUT2D eigenvalue weighted by atomic mass is 9.78. The van der Waals surface area contributed by atoms with Gasteiger partial charge in [0.2, 0.25) is 0 Å². The molecule has 1 atom stereocenters. The van der Waals surface area contributed by atoms with E-state index in [9.17, 15) is 14.0 Å². The van der Waals surface area contributed by atoms with Crippen LogP contribution in [0.1, 0.15) is 56.6 Å². The van der Waals surface area contributed by atoms with Gasteiger partial charge in [-0.25, -0.2) is 4.39 Å². The molecule has 34 heavy (non-hydrogen) atoms. The summed E-state index contributed by atoms with van der Waals surface area (Å²) >= 11 is 0. The Kier molecular flexibility index (Phi) is 6.23. The molecule has 3 aromatic rings. The molecule has 1 fully saturated rings.